The molecule has 1 fully saturated rings. The van der Waals surface area contributed by atoms with Crippen molar-refractivity contribution in [3.05, 3.63) is 29.3 Å². The van der Waals surface area contributed by atoms with Crippen LogP contribution in [0.1, 0.15) is 50.7 Å². The molecule has 2 N–H and O–H groups in total. The van der Waals surface area contributed by atoms with Crippen molar-refractivity contribution in [2.75, 3.05) is 13.1 Å². The van der Waals surface area contributed by atoms with Crippen LogP contribution in [0.4, 0.5) is 0 Å². The molecule has 0 spiro atoms. The van der Waals surface area contributed by atoms with Crippen molar-refractivity contribution in [1.82, 2.24) is 4.90 Å². The van der Waals surface area contributed by atoms with Crippen LogP contribution in [0.25, 0.3) is 0 Å². The number of likely N-dealkylation sites (tertiary alicyclic amines) is 1. The Balaban J connectivity index is 2.13. The first kappa shape index (κ1) is 16.8. The summed E-state index contributed by atoms with van der Waals surface area (Å²) in [6, 6.07) is 6.36. The zero-order chi connectivity index (χ0) is 16.3. The summed E-state index contributed by atoms with van der Waals surface area (Å²) in [5, 5.41) is 0. The van der Waals surface area contributed by atoms with Crippen LogP contribution in [0.15, 0.2) is 18.2 Å². The van der Waals surface area contributed by atoms with Gasteiger partial charge in [0.2, 0.25) is 0 Å². The highest BCUT2D eigenvalue weighted by molar-refractivity contribution is 5.81. The lowest BCUT2D eigenvalue weighted by atomic mass is 10.0. The average Bonchev–Trinajstić information content (AvgIpc) is 2.94. The maximum atomic E-state index is 12.6. The molecule has 0 aliphatic carbocycles. The molecule has 2 rings (SSSR count). The van der Waals surface area contributed by atoms with E-state index < -0.39 is 6.10 Å². The Morgan fingerprint density at radius 2 is 2.14 bits per heavy atom. The highest BCUT2D eigenvalue weighted by Crippen LogP contribution is 2.29. The van der Waals surface area contributed by atoms with Gasteiger partial charge < -0.3 is 15.4 Å². The summed E-state index contributed by atoms with van der Waals surface area (Å²) < 4.78 is 6.02. The maximum absolute atomic E-state index is 12.6. The van der Waals surface area contributed by atoms with Crippen LogP contribution in [0.3, 0.4) is 0 Å². The quantitative estimate of drug-likeness (QED) is 0.910. The number of nitrogens with zero attached hydrogens (tertiary/aromatic N) is 1. The Morgan fingerprint density at radius 3 is 2.77 bits per heavy atom. The molecule has 22 heavy (non-hydrogen) atoms. The summed E-state index contributed by atoms with van der Waals surface area (Å²) in [6.07, 6.45) is 1.55. The largest absolute Gasteiger partial charge is 0.481 e. The van der Waals surface area contributed by atoms with Crippen molar-refractivity contribution in [1.29, 1.82) is 0 Å². The zero-order valence-electron chi connectivity index (χ0n) is 14.1. The van der Waals surface area contributed by atoms with Crippen LogP contribution in [-0.4, -0.2) is 36.0 Å². The molecule has 122 valence electrons. The van der Waals surface area contributed by atoms with Gasteiger partial charge in [0.05, 0.1) is 0 Å². The van der Waals surface area contributed by atoms with Crippen LogP contribution in [0.2, 0.25) is 0 Å². The molecule has 2 unspecified atom stereocenters. The number of carbonyl (C=O) groups excluding carboxylic acids is 1. The summed E-state index contributed by atoms with van der Waals surface area (Å²) in [6.45, 7) is 9.46. The molecule has 2 atom stereocenters. The molecule has 0 saturated carbocycles. The van der Waals surface area contributed by atoms with Crippen molar-refractivity contribution < 1.29 is 9.53 Å². The average molecular weight is 304 g/mol. The van der Waals surface area contributed by atoms with Gasteiger partial charge in [-0.3, -0.25) is 4.79 Å². The van der Waals surface area contributed by atoms with Crippen molar-refractivity contribution in [2.45, 2.75) is 58.6 Å². The normalized spacial score (nSPS) is 19.5. The molecule has 0 aromatic heterocycles. The third-order valence-corrected chi connectivity index (χ3v) is 4.37. The number of hydrogen-bond donors (Lipinski definition) is 1. The number of amides is 1. The monoisotopic (exact) mass is 304 g/mol. The molecule has 4 nitrogen and oxygen atoms in total. The van der Waals surface area contributed by atoms with Crippen LogP contribution in [0, 0.1) is 6.92 Å². The van der Waals surface area contributed by atoms with Gasteiger partial charge in [-0.15, -0.1) is 0 Å². The molecule has 0 bridgehead atoms. The predicted octanol–water partition coefficient (Wildman–Crippen LogP) is 2.84. The Morgan fingerprint density at radius 1 is 1.41 bits per heavy atom. The van der Waals surface area contributed by atoms with Crippen molar-refractivity contribution in [3.8, 4) is 5.75 Å². The van der Waals surface area contributed by atoms with Gasteiger partial charge in [-0.2, -0.15) is 0 Å². The molecule has 1 amide bonds. The van der Waals surface area contributed by atoms with Crippen LogP contribution >= 0.6 is 0 Å². The lowest BCUT2D eigenvalue weighted by molar-refractivity contribution is -0.138. The predicted molar refractivity (Wildman–Crippen MR) is 89.1 cm³/mol. The van der Waals surface area contributed by atoms with E-state index in [0.29, 0.717) is 12.5 Å². The smallest absolute Gasteiger partial charge is 0.263 e. The van der Waals surface area contributed by atoms with E-state index >= 15 is 0 Å². The van der Waals surface area contributed by atoms with Crippen molar-refractivity contribution in [2.24, 2.45) is 5.73 Å². The second-order valence-corrected chi connectivity index (χ2v) is 6.52. The third-order valence-electron chi connectivity index (χ3n) is 4.37. The van der Waals surface area contributed by atoms with Gasteiger partial charge in [0, 0.05) is 19.1 Å². The van der Waals surface area contributed by atoms with E-state index in [9.17, 15) is 4.79 Å². The summed E-state index contributed by atoms with van der Waals surface area (Å²) in [5.41, 5.74) is 8.04. The van der Waals surface area contributed by atoms with Gasteiger partial charge in [0.25, 0.3) is 5.91 Å². The number of hydrogen-bond acceptors (Lipinski definition) is 3. The minimum absolute atomic E-state index is 0.0455. The van der Waals surface area contributed by atoms with E-state index in [1.165, 1.54) is 0 Å². The Hall–Kier alpha value is -1.55. The minimum atomic E-state index is -0.480. The molecule has 1 saturated heterocycles. The molecule has 1 heterocycles. The van der Waals surface area contributed by atoms with E-state index in [0.717, 1.165) is 36.3 Å². The summed E-state index contributed by atoms with van der Waals surface area (Å²) >= 11 is 0. The lowest BCUT2D eigenvalue weighted by Gasteiger charge is -2.27. The third kappa shape index (κ3) is 3.61. The van der Waals surface area contributed by atoms with E-state index in [2.05, 4.69) is 26.0 Å². The standard InChI is InChI=1S/C18H28N2O2/c1-12(2)16-8-7-13(3)10-17(16)22-14(4)18(21)20-9-5-6-15(20)11-19/h7-8,10,12,14-15H,5-6,9,11,19H2,1-4H3. The molecule has 1 aliphatic rings. The van der Waals surface area contributed by atoms with Gasteiger partial charge in [-0.1, -0.05) is 26.0 Å². The van der Waals surface area contributed by atoms with Crippen molar-refractivity contribution >= 4 is 5.91 Å². The number of benzene rings is 1. The van der Waals surface area contributed by atoms with E-state index in [1.54, 1.807) is 0 Å². The molecule has 0 radical (unpaired) electrons. The Bertz CT molecular complexity index is 528. The first-order valence-corrected chi connectivity index (χ1v) is 8.21. The van der Waals surface area contributed by atoms with E-state index in [-0.39, 0.29) is 11.9 Å². The molecule has 1 aromatic carbocycles. The number of rotatable bonds is 5. The SMILES string of the molecule is Cc1ccc(C(C)C)c(OC(C)C(=O)N2CCCC2CN)c1. The van der Waals surface area contributed by atoms with Crippen LogP contribution in [0.5, 0.6) is 5.75 Å². The molecular formula is C18H28N2O2. The molecule has 1 aliphatic heterocycles. The van der Waals surface area contributed by atoms with Gasteiger partial charge in [0.15, 0.2) is 6.10 Å². The second kappa shape index (κ2) is 7.14. The summed E-state index contributed by atoms with van der Waals surface area (Å²) in [7, 11) is 0. The first-order chi connectivity index (χ1) is 10.4. The molecule has 1 aromatic rings. The fourth-order valence-electron chi connectivity index (χ4n) is 3.07. The number of aryl methyl sites for hydroxylation is 1. The van der Waals surface area contributed by atoms with Crippen molar-refractivity contribution in [3.63, 3.8) is 0 Å². The Kier molecular flexibility index (Phi) is 5.46. The van der Waals surface area contributed by atoms with E-state index in [4.69, 9.17) is 10.5 Å². The molecule has 4 heteroatoms. The van der Waals surface area contributed by atoms with Gasteiger partial charge >= 0.3 is 0 Å². The topological polar surface area (TPSA) is 55.6 Å². The number of ether oxygens (including phenoxy) is 1. The lowest BCUT2D eigenvalue weighted by Crippen LogP contribution is -2.45. The van der Waals surface area contributed by atoms with Crippen LogP contribution in [-0.2, 0) is 4.79 Å². The second-order valence-electron chi connectivity index (χ2n) is 6.52. The highest BCUT2D eigenvalue weighted by atomic mass is 16.5. The van der Waals surface area contributed by atoms with Gasteiger partial charge in [-0.25, -0.2) is 0 Å². The fourth-order valence-corrected chi connectivity index (χ4v) is 3.07. The van der Waals surface area contributed by atoms with Gasteiger partial charge in [0.1, 0.15) is 5.75 Å². The fraction of sp³-hybridized carbons (Fsp3) is 0.611. The van der Waals surface area contributed by atoms with Gasteiger partial charge in [-0.05, 0) is 49.8 Å². The first-order valence-electron chi connectivity index (χ1n) is 8.21. The Labute approximate surface area is 133 Å². The van der Waals surface area contributed by atoms with Crippen LogP contribution < -0.4 is 10.5 Å². The molecular weight excluding hydrogens is 276 g/mol. The number of nitrogens with two attached hydrogens (primary N) is 1. The summed E-state index contributed by atoms with van der Waals surface area (Å²) in [4.78, 5) is 14.5. The summed E-state index contributed by atoms with van der Waals surface area (Å²) in [5.74, 6) is 1.23. The maximum Gasteiger partial charge on any atom is 0.263 e. The number of carbonyl (C=O) groups is 1. The van der Waals surface area contributed by atoms with E-state index in [1.807, 2.05) is 24.8 Å². The zero-order valence-corrected chi connectivity index (χ0v) is 14.1. The minimum Gasteiger partial charge on any atom is -0.481 e. The highest BCUT2D eigenvalue weighted by Gasteiger charge is 2.31.